The van der Waals surface area contributed by atoms with Crippen LogP contribution < -0.4 is 0 Å². The minimum Gasteiger partial charge on any atom is -0.465 e. The number of rotatable bonds is 3. The zero-order valence-corrected chi connectivity index (χ0v) is 11.7. The van der Waals surface area contributed by atoms with Crippen molar-refractivity contribution in [1.29, 1.82) is 0 Å². The largest absolute Gasteiger partial charge is 0.465 e. The Labute approximate surface area is 126 Å². The molecule has 2 aliphatic rings. The first kappa shape index (κ1) is 14.3. The van der Waals surface area contributed by atoms with Crippen LogP contribution in [0.2, 0.25) is 0 Å². The maximum atomic E-state index is 12.3. The fourth-order valence-corrected chi connectivity index (χ4v) is 2.58. The molecule has 0 saturated carbocycles. The lowest BCUT2D eigenvalue weighted by atomic mass is 10.2. The van der Waals surface area contributed by atoms with Gasteiger partial charge in [-0.3, -0.25) is 9.63 Å². The summed E-state index contributed by atoms with van der Waals surface area (Å²) in [4.78, 5) is 43.2. The van der Waals surface area contributed by atoms with Gasteiger partial charge in [0.25, 0.3) is 5.91 Å². The molecule has 2 fully saturated rings. The van der Waals surface area contributed by atoms with E-state index < -0.39 is 24.1 Å². The van der Waals surface area contributed by atoms with Crippen molar-refractivity contribution in [3.8, 4) is 0 Å². The third-order valence-corrected chi connectivity index (χ3v) is 3.76. The van der Waals surface area contributed by atoms with Crippen molar-refractivity contribution in [3.05, 3.63) is 35.9 Å². The highest BCUT2D eigenvalue weighted by Gasteiger charge is 2.49. The molecule has 0 aliphatic carbocycles. The van der Waals surface area contributed by atoms with E-state index in [1.165, 1.54) is 4.90 Å². The van der Waals surface area contributed by atoms with Crippen molar-refractivity contribution in [2.45, 2.75) is 12.6 Å². The van der Waals surface area contributed by atoms with Crippen LogP contribution in [-0.4, -0.2) is 63.7 Å². The number of fused-ring (bicyclic) bond motifs is 1. The minimum absolute atomic E-state index is 0.0227. The number of nitrogens with zero attached hydrogens (tertiary/aromatic N) is 3. The number of carbonyl (C=O) groups excluding carboxylic acids is 2. The molecule has 0 aromatic heterocycles. The van der Waals surface area contributed by atoms with E-state index in [0.29, 0.717) is 0 Å². The van der Waals surface area contributed by atoms with E-state index in [9.17, 15) is 14.4 Å². The van der Waals surface area contributed by atoms with Crippen molar-refractivity contribution in [1.82, 2.24) is 14.9 Å². The second kappa shape index (κ2) is 5.64. The lowest BCUT2D eigenvalue weighted by Crippen LogP contribution is -2.54. The Kier molecular flexibility index (Phi) is 3.68. The van der Waals surface area contributed by atoms with Crippen LogP contribution in [0.5, 0.6) is 0 Å². The number of imide groups is 1. The molecule has 1 N–H and O–H groups in total. The molecular weight excluding hydrogens is 290 g/mol. The number of piperazine rings is 1. The highest BCUT2D eigenvalue weighted by atomic mass is 16.7. The average Bonchev–Trinajstić information content (AvgIpc) is 2.77. The first-order valence-corrected chi connectivity index (χ1v) is 6.87. The van der Waals surface area contributed by atoms with Crippen LogP contribution in [0.4, 0.5) is 9.59 Å². The van der Waals surface area contributed by atoms with Gasteiger partial charge in [0.1, 0.15) is 12.6 Å². The fourth-order valence-electron chi connectivity index (χ4n) is 2.58. The van der Waals surface area contributed by atoms with Crippen LogP contribution in [0.1, 0.15) is 5.56 Å². The van der Waals surface area contributed by atoms with Gasteiger partial charge in [-0.25, -0.2) is 9.59 Å². The Bertz CT molecular complexity index is 606. The molecule has 1 aromatic carbocycles. The Morgan fingerprint density at radius 3 is 2.64 bits per heavy atom. The van der Waals surface area contributed by atoms with E-state index in [-0.39, 0.29) is 26.2 Å². The second-order valence-electron chi connectivity index (χ2n) is 5.11. The van der Waals surface area contributed by atoms with Gasteiger partial charge in [0.2, 0.25) is 0 Å². The van der Waals surface area contributed by atoms with Crippen molar-refractivity contribution >= 4 is 18.0 Å². The fraction of sp³-hybridized carbons (Fsp3) is 0.357. The third kappa shape index (κ3) is 2.48. The van der Waals surface area contributed by atoms with Crippen molar-refractivity contribution in [2.24, 2.45) is 0 Å². The molecule has 1 unspecified atom stereocenters. The predicted molar refractivity (Wildman–Crippen MR) is 73.6 cm³/mol. The summed E-state index contributed by atoms with van der Waals surface area (Å²) in [6.45, 7) is 0.455. The Morgan fingerprint density at radius 2 is 1.95 bits per heavy atom. The van der Waals surface area contributed by atoms with Crippen molar-refractivity contribution < 1.29 is 24.3 Å². The number of amides is 4. The third-order valence-electron chi connectivity index (χ3n) is 3.76. The summed E-state index contributed by atoms with van der Waals surface area (Å²) in [5.74, 6) is -0.521. The molecule has 0 bridgehead atoms. The van der Waals surface area contributed by atoms with Crippen LogP contribution in [0, 0.1) is 0 Å². The summed E-state index contributed by atoms with van der Waals surface area (Å²) in [5, 5.41) is 9.73. The number of benzene rings is 1. The van der Waals surface area contributed by atoms with Gasteiger partial charge in [-0.05, 0) is 5.56 Å². The van der Waals surface area contributed by atoms with E-state index in [2.05, 4.69) is 0 Å². The summed E-state index contributed by atoms with van der Waals surface area (Å²) in [6.07, 6.45) is -1.09. The monoisotopic (exact) mass is 305 g/mol. The molecule has 0 radical (unpaired) electrons. The number of carboxylic acid groups (broad SMARTS) is 1. The molecule has 0 spiro atoms. The normalized spacial score (nSPS) is 21.3. The van der Waals surface area contributed by atoms with Gasteiger partial charge in [0.15, 0.2) is 0 Å². The standard InChI is InChI=1S/C14H15N3O5/c18-12-11-8-15(14(20)21)6-7-16(11)13(19)17(12)22-9-10-4-2-1-3-5-10/h1-5,11H,6-9H2,(H,20,21). The summed E-state index contributed by atoms with van der Waals surface area (Å²) >= 11 is 0. The smallest absolute Gasteiger partial charge is 0.407 e. The van der Waals surface area contributed by atoms with Gasteiger partial charge in [-0.15, -0.1) is 5.06 Å². The van der Waals surface area contributed by atoms with Gasteiger partial charge < -0.3 is 14.9 Å². The topological polar surface area (TPSA) is 90.4 Å². The van der Waals surface area contributed by atoms with Gasteiger partial charge in [-0.2, -0.15) is 0 Å². The Balaban J connectivity index is 1.68. The summed E-state index contributed by atoms with van der Waals surface area (Å²) in [5.41, 5.74) is 0.833. The molecule has 4 amide bonds. The highest BCUT2D eigenvalue weighted by Crippen LogP contribution is 2.23. The SMILES string of the molecule is O=C(O)N1CCN2C(=O)N(OCc3ccccc3)C(=O)C2C1. The Morgan fingerprint density at radius 1 is 1.23 bits per heavy atom. The van der Waals surface area contributed by atoms with E-state index in [0.717, 1.165) is 15.5 Å². The lowest BCUT2D eigenvalue weighted by molar-refractivity contribution is -0.167. The van der Waals surface area contributed by atoms with Crippen LogP contribution >= 0.6 is 0 Å². The molecular formula is C14H15N3O5. The highest BCUT2D eigenvalue weighted by molar-refractivity contribution is 6.03. The molecule has 8 heteroatoms. The number of hydrogen-bond donors (Lipinski definition) is 1. The van der Waals surface area contributed by atoms with E-state index in [1.807, 2.05) is 30.3 Å². The first-order valence-electron chi connectivity index (χ1n) is 6.87. The van der Waals surface area contributed by atoms with Crippen molar-refractivity contribution in [2.75, 3.05) is 19.6 Å². The Hall–Kier alpha value is -2.61. The number of urea groups is 1. The summed E-state index contributed by atoms with van der Waals surface area (Å²) in [7, 11) is 0. The van der Waals surface area contributed by atoms with Gasteiger partial charge in [0.05, 0.1) is 6.54 Å². The maximum absolute atomic E-state index is 12.3. The molecule has 3 rings (SSSR count). The molecule has 1 atom stereocenters. The second-order valence-corrected chi connectivity index (χ2v) is 5.11. The van der Waals surface area contributed by atoms with Gasteiger partial charge >= 0.3 is 12.1 Å². The molecule has 2 aliphatic heterocycles. The molecule has 2 saturated heterocycles. The number of hydrogen-bond acceptors (Lipinski definition) is 4. The average molecular weight is 305 g/mol. The maximum Gasteiger partial charge on any atom is 0.407 e. The summed E-state index contributed by atoms with van der Waals surface area (Å²) < 4.78 is 0. The number of hydroxylamine groups is 2. The van der Waals surface area contributed by atoms with Gasteiger partial charge in [-0.1, -0.05) is 30.3 Å². The van der Waals surface area contributed by atoms with Crippen molar-refractivity contribution in [3.63, 3.8) is 0 Å². The lowest BCUT2D eigenvalue weighted by Gasteiger charge is -2.33. The molecule has 2 heterocycles. The zero-order chi connectivity index (χ0) is 15.7. The predicted octanol–water partition coefficient (Wildman–Crippen LogP) is 0.745. The van der Waals surface area contributed by atoms with Crippen LogP contribution in [0.25, 0.3) is 0 Å². The minimum atomic E-state index is -1.09. The van der Waals surface area contributed by atoms with Crippen LogP contribution in [0.3, 0.4) is 0 Å². The van der Waals surface area contributed by atoms with E-state index in [1.54, 1.807) is 0 Å². The molecule has 8 nitrogen and oxygen atoms in total. The molecule has 116 valence electrons. The first-order chi connectivity index (χ1) is 10.6. The quantitative estimate of drug-likeness (QED) is 0.832. The van der Waals surface area contributed by atoms with Crippen LogP contribution in [0.15, 0.2) is 30.3 Å². The zero-order valence-electron chi connectivity index (χ0n) is 11.7. The van der Waals surface area contributed by atoms with E-state index in [4.69, 9.17) is 9.94 Å². The molecule has 22 heavy (non-hydrogen) atoms. The van der Waals surface area contributed by atoms with E-state index >= 15 is 0 Å². The molecule has 1 aromatic rings. The number of carbonyl (C=O) groups is 3. The summed E-state index contributed by atoms with van der Waals surface area (Å²) in [6, 6.07) is 7.84. The van der Waals surface area contributed by atoms with Crippen LogP contribution in [-0.2, 0) is 16.2 Å². The van der Waals surface area contributed by atoms with Gasteiger partial charge in [0, 0.05) is 13.1 Å².